The number of para-hydroxylation sites is 3. The highest BCUT2D eigenvalue weighted by atomic mass is 16.5. The van der Waals surface area contributed by atoms with Gasteiger partial charge in [0.2, 0.25) is 0 Å². The van der Waals surface area contributed by atoms with Crippen LogP contribution < -0.4 is 14.5 Å². The molecule has 3 heterocycles. The third kappa shape index (κ3) is 3.84. The molecule has 0 fully saturated rings. The number of fused-ring (bicyclic) bond motifs is 1. The van der Waals surface area contributed by atoms with Crippen molar-refractivity contribution in [1.82, 2.24) is 9.97 Å². The van der Waals surface area contributed by atoms with Crippen molar-refractivity contribution in [3.8, 4) is 22.9 Å². The SMILES string of the molecule is c1ccc(N2CN(c3cccc(Oc4ccnc(-c5ccccn5)c4)c3)c3ccccc32)cc1. The van der Waals surface area contributed by atoms with Gasteiger partial charge in [0.1, 0.15) is 18.2 Å². The molecule has 5 aromatic rings. The predicted molar refractivity (Wildman–Crippen MR) is 136 cm³/mol. The number of pyridine rings is 2. The van der Waals surface area contributed by atoms with Gasteiger partial charge in [-0.15, -0.1) is 0 Å². The van der Waals surface area contributed by atoms with Crippen LogP contribution in [0.3, 0.4) is 0 Å². The lowest BCUT2D eigenvalue weighted by Crippen LogP contribution is -2.23. The Hall–Kier alpha value is -4.64. The van der Waals surface area contributed by atoms with E-state index in [1.807, 2.05) is 48.5 Å². The van der Waals surface area contributed by atoms with Gasteiger partial charge < -0.3 is 14.5 Å². The van der Waals surface area contributed by atoms with Crippen molar-refractivity contribution in [3.63, 3.8) is 0 Å². The van der Waals surface area contributed by atoms with Crippen LogP contribution in [0.25, 0.3) is 11.4 Å². The monoisotopic (exact) mass is 442 g/mol. The number of anilines is 4. The number of benzene rings is 3. The number of rotatable bonds is 5. The van der Waals surface area contributed by atoms with Crippen LogP contribution in [0.4, 0.5) is 22.7 Å². The van der Waals surface area contributed by atoms with Crippen molar-refractivity contribution < 1.29 is 4.74 Å². The van der Waals surface area contributed by atoms with Crippen LogP contribution >= 0.6 is 0 Å². The minimum atomic E-state index is 0.723. The van der Waals surface area contributed by atoms with Crippen molar-refractivity contribution in [2.24, 2.45) is 0 Å². The lowest BCUT2D eigenvalue weighted by molar-refractivity contribution is 0.482. The molecule has 0 atom stereocenters. The summed E-state index contributed by atoms with van der Waals surface area (Å²) >= 11 is 0. The third-order valence-corrected chi connectivity index (χ3v) is 5.84. The van der Waals surface area contributed by atoms with E-state index in [-0.39, 0.29) is 0 Å². The highest BCUT2D eigenvalue weighted by Crippen LogP contribution is 2.44. The first-order chi connectivity index (χ1) is 16.8. The van der Waals surface area contributed by atoms with E-state index >= 15 is 0 Å². The van der Waals surface area contributed by atoms with Crippen LogP contribution in [0, 0.1) is 0 Å². The van der Waals surface area contributed by atoms with Crippen LogP contribution in [0.5, 0.6) is 11.5 Å². The Balaban J connectivity index is 1.29. The Morgan fingerprint density at radius 1 is 0.529 bits per heavy atom. The molecule has 6 rings (SSSR count). The van der Waals surface area contributed by atoms with Crippen LogP contribution in [-0.4, -0.2) is 16.6 Å². The van der Waals surface area contributed by atoms with Crippen LogP contribution in [0.2, 0.25) is 0 Å². The highest BCUT2D eigenvalue weighted by molar-refractivity contribution is 5.87. The topological polar surface area (TPSA) is 41.5 Å². The summed E-state index contributed by atoms with van der Waals surface area (Å²) in [5.74, 6) is 1.49. The maximum atomic E-state index is 6.23. The van der Waals surface area contributed by atoms with Gasteiger partial charge in [0, 0.05) is 35.9 Å². The zero-order valence-corrected chi connectivity index (χ0v) is 18.5. The first kappa shape index (κ1) is 20.0. The van der Waals surface area contributed by atoms with Gasteiger partial charge in [-0.2, -0.15) is 0 Å². The van der Waals surface area contributed by atoms with E-state index in [4.69, 9.17) is 4.74 Å². The Bertz CT molecular complexity index is 1420. The summed E-state index contributed by atoms with van der Waals surface area (Å²) in [5.41, 5.74) is 6.20. The molecule has 1 aliphatic rings. The molecule has 34 heavy (non-hydrogen) atoms. The second-order valence-electron chi connectivity index (χ2n) is 8.01. The van der Waals surface area contributed by atoms with E-state index in [2.05, 4.69) is 80.4 Å². The van der Waals surface area contributed by atoms with Crippen molar-refractivity contribution in [2.75, 3.05) is 16.5 Å². The molecule has 0 bridgehead atoms. The minimum Gasteiger partial charge on any atom is -0.457 e. The molecule has 0 radical (unpaired) electrons. The molecular weight excluding hydrogens is 420 g/mol. The van der Waals surface area contributed by atoms with Crippen LogP contribution in [0.15, 0.2) is 122 Å². The Morgan fingerprint density at radius 3 is 2.00 bits per heavy atom. The Labute approximate surface area is 198 Å². The van der Waals surface area contributed by atoms with Crippen molar-refractivity contribution >= 4 is 22.7 Å². The summed E-state index contributed by atoms with van der Waals surface area (Å²) in [4.78, 5) is 13.5. The molecule has 0 aliphatic carbocycles. The number of hydrogen-bond donors (Lipinski definition) is 0. The molecule has 3 aromatic carbocycles. The van der Waals surface area contributed by atoms with E-state index < -0.39 is 0 Å². The fourth-order valence-corrected chi connectivity index (χ4v) is 4.24. The maximum Gasteiger partial charge on any atom is 0.131 e. The van der Waals surface area contributed by atoms with Gasteiger partial charge in [0.05, 0.1) is 22.8 Å². The summed E-state index contributed by atoms with van der Waals surface area (Å²) in [7, 11) is 0. The van der Waals surface area contributed by atoms with Gasteiger partial charge in [-0.25, -0.2) is 0 Å². The normalized spacial score (nSPS) is 12.5. The van der Waals surface area contributed by atoms with Crippen LogP contribution in [-0.2, 0) is 0 Å². The quantitative estimate of drug-likeness (QED) is 0.288. The Kier molecular flexibility index (Phi) is 5.13. The van der Waals surface area contributed by atoms with Gasteiger partial charge >= 0.3 is 0 Å². The summed E-state index contributed by atoms with van der Waals surface area (Å²) < 4.78 is 6.23. The average Bonchev–Trinajstić information content (AvgIpc) is 3.30. The standard InChI is InChI=1S/C29H22N4O/c1-2-9-22(10-3-1)32-21-33(29-15-5-4-14-28(29)32)23-11-8-12-24(19-23)34-25-16-18-31-27(20-25)26-13-6-7-17-30-26/h1-20H,21H2. The second-order valence-corrected chi connectivity index (χ2v) is 8.01. The van der Waals surface area contributed by atoms with Gasteiger partial charge in [-0.1, -0.05) is 42.5 Å². The zero-order chi connectivity index (χ0) is 22.7. The largest absolute Gasteiger partial charge is 0.457 e. The molecule has 0 saturated heterocycles. The molecule has 1 aliphatic heterocycles. The first-order valence-corrected chi connectivity index (χ1v) is 11.2. The molecule has 5 nitrogen and oxygen atoms in total. The number of ether oxygens (including phenoxy) is 1. The summed E-state index contributed by atoms with van der Waals surface area (Å²) in [5, 5.41) is 0. The van der Waals surface area contributed by atoms with E-state index in [0.29, 0.717) is 0 Å². The fourth-order valence-electron chi connectivity index (χ4n) is 4.24. The van der Waals surface area contributed by atoms with Crippen LogP contribution in [0.1, 0.15) is 0 Å². The Morgan fingerprint density at radius 2 is 1.21 bits per heavy atom. The first-order valence-electron chi connectivity index (χ1n) is 11.2. The lowest BCUT2D eigenvalue weighted by atomic mass is 10.2. The van der Waals surface area contributed by atoms with Crippen molar-refractivity contribution in [2.45, 2.75) is 0 Å². The zero-order valence-electron chi connectivity index (χ0n) is 18.5. The third-order valence-electron chi connectivity index (χ3n) is 5.84. The molecule has 164 valence electrons. The molecular formula is C29H22N4O. The smallest absolute Gasteiger partial charge is 0.131 e. The predicted octanol–water partition coefficient (Wildman–Crippen LogP) is 7.18. The number of aromatic nitrogens is 2. The molecule has 2 aromatic heterocycles. The van der Waals surface area contributed by atoms with Gasteiger partial charge in [0.25, 0.3) is 0 Å². The average molecular weight is 443 g/mol. The van der Waals surface area contributed by atoms with Gasteiger partial charge in [-0.05, 0) is 54.6 Å². The lowest BCUT2D eigenvalue weighted by Gasteiger charge is -2.22. The molecule has 0 amide bonds. The molecule has 0 saturated carbocycles. The summed E-state index contributed by atoms with van der Waals surface area (Å²) in [6.07, 6.45) is 3.51. The summed E-state index contributed by atoms with van der Waals surface area (Å²) in [6.45, 7) is 0.728. The second kappa shape index (κ2) is 8.71. The van der Waals surface area contributed by atoms with E-state index in [0.717, 1.165) is 35.2 Å². The highest BCUT2D eigenvalue weighted by Gasteiger charge is 2.27. The number of hydrogen-bond acceptors (Lipinski definition) is 5. The molecule has 5 heteroatoms. The minimum absolute atomic E-state index is 0.723. The summed E-state index contributed by atoms with van der Waals surface area (Å²) in [6, 6.07) is 36.7. The van der Waals surface area contributed by atoms with E-state index in [1.54, 1.807) is 12.4 Å². The van der Waals surface area contributed by atoms with E-state index in [9.17, 15) is 0 Å². The molecule has 0 unspecified atom stereocenters. The fraction of sp³-hybridized carbons (Fsp3) is 0.0345. The molecule has 0 spiro atoms. The number of nitrogens with zero attached hydrogens (tertiary/aromatic N) is 4. The molecule has 0 N–H and O–H groups in total. The maximum absolute atomic E-state index is 6.23. The van der Waals surface area contributed by atoms with Gasteiger partial charge in [0.15, 0.2) is 0 Å². The van der Waals surface area contributed by atoms with Gasteiger partial charge in [-0.3, -0.25) is 9.97 Å². The van der Waals surface area contributed by atoms with Crippen molar-refractivity contribution in [3.05, 3.63) is 122 Å². The van der Waals surface area contributed by atoms with Crippen molar-refractivity contribution in [1.29, 1.82) is 0 Å². The van der Waals surface area contributed by atoms with E-state index in [1.165, 1.54) is 17.1 Å².